The van der Waals surface area contributed by atoms with Crippen LogP contribution in [0.5, 0.6) is 0 Å². The summed E-state index contributed by atoms with van der Waals surface area (Å²) in [4.78, 5) is 20.1. The highest BCUT2D eigenvalue weighted by Crippen LogP contribution is 2.34. The first kappa shape index (κ1) is 24.0. The van der Waals surface area contributed by atoms with Crippen molar-refractivity contribution in [2.45, 2.75) is 25.8 Å². The molecule has 1 aromatic heterocycles. The average Bonchev–Trinajstić information content (AvgIpc) is 3.34. The van der Waals surface area contributed by atoms with Gasteiger partial charge in [0.2, 0.25) is 0 Å². The summed E-state index contributed by atoms with van der Waals surface area (Å²) in [5.41, 5.74) is 3.60. The normalized spacial score (nSPS) is 15.4. The number of amides is 1. The molecule has 0 bridgehead atoms. The number of rotatable bonds is 5. The summed E-state index contributed by atoms with van der Waals surface area (Å²) in [6.07, 6.45) is 3.64. The largest absolute Gasteiger partial charge is 0.340 e. The minimum atomic E-state index is -0.688. The fourth-order valence-electron chi connectivity index (χ4n) is 4.95. The Labute approximate surface area is 207 Å². The molecule has 1 N–H and O–H groups in total. The van der Waals surface area contributed by atoms with Gasteiger partial charge in [-0.25, -0.2) is 13.2 Å². The lowest BCUT2D eigenvalue weighted by molar-refractivity contribution is 0.0786. The van der Waals surface area contributed by atoms with Gasteiger partial charge in [-0.3, -0.25) is 9.78 Å². The Kier molecular flexibility index (Phi) is 6.49. The highest BCUT2D eigenvalue weighted by atomic mass is 19.1. The summed E-state index contributed by atoms with van der Waals surface area (Å²) in [5, 5.41) is 3.94. The highest BCUT2D eigenvalue weighted by Gasteiger charge is 2.25. The maximum absolute atomic E-state index is 14.4. The molecule has 5 rings (SSSR count). The van der Waals surface area contributed by atoms with E-state index in [9.17, 15) is 18.0 Å². The Morgan fingerprint density at radius 2 is 1.69 bits per heavy atom. The zero-order valence-electron chi connectivity index (χ0n) is 20.1. The molecule has 0 radical (unpaired) electrons. The highest BCUT2D eigenvalue weighted by molar-refractivity contribution is 6.12. The van der Waals surface area contributed by atoms with Crippen molar-refractivity contribution in [3.8, 4) is 22.3 Å². The lowest BCUT2D eigenvalue weighted by Gasteiger charge is -2.24. The van der Waals surface area contributed by atoms with Gasteiger partial charge in [-0.2, -0.15) is 0 Å². The van der Waals surface area contributed by atoms with Gasteiger partial charge in [0.25, 0.3) is 5.91 Å². The Hall–Kier alpha value is -3.71. The van der Waals surface area contributed by atoms with E-state index in [1.165, 1.54) is 24.3 Å². The third kappa shape index (κ3) is 4.84. The second-order valence-corrected chi connectivity index (χ2v) is 9.43. The number of aromatic nitrogens is 1. The van der Waals surface area contributed by atoms with Crippen molar-refractivity contribution in [1.29, 1.82) is 0 Å². The molecule has 1 atom stereocenters. The second kappa shape index (κ2) is 9.74. The lowest BCUT2D eigenvalue weighted by Crippen LogP contribution is -2.38. The van der Waals surface area contributed by atoms with Gasteiger partial charge < -0.3 is 10.2 Å². The molecule has 3 aromatic carbocycles. The number of fused-ring (bicyclic) bond motifs is 1. The van der Waals surface area contributed by atoms with Crippen molar-refractivity contribution >= 4 is 16.8 Å². The number of benzene rings is 3. The molecule has 0 spiro atoms. The summed E-state index contributed by atoms with van der Waals surface area (Å²) >= 11 is 0. The van der Waals surface area contributed by atoms with Crippen LogP contribution in [-0.4, -0.2) is 42.0 Å². The monoisotopic (exact) mass is 489 g/mol. The van der Waals surface area contributed by atoms with Crippen molar-refractivity contribution in [2.24, 2.45) is 0 Å². The maximum Gasteiger partial charge on any atom is 0.255 e. The van der Waals surface area contributed by atoms with E-state index in [-0.39, 0.29) is 11.9 Å². The van der Waals surface area contributed by atoms with Crippen LogP contribution in [0.4, 0.5) is 13.2 Å². The molecule has 36 heavy (non-hydrogen) atoms. The maximum atomic E-state index is 14.4. The van der Waals surface area contributed by atoms with E-state index in [0.29, 0.717) is 45.3 Å². The number of hydrogen-bond acceptors (Lipinski definition) is 3. The van der Waals surface area contributed by atoms with Gasteiger partial charge in [-0.1, -0.05) is 12.1 Å². The Morgan fingerprint density at radius 1 is 0.972 bits per heavy atom. The number of aryl methyl sites for hydroxylation is 1. The molecular formula is C29H26F3N3O. The van der Waals surface area contributed by atoms with Gasteiger partial charge in [0.05, 0.1) is 11.1 Å². The first-order valence-corrected chi connectivity index (χ1v) is 11.9. The van der Waals surface area contributed by atoms with E-state index >= 15 is 0 Å². The SMILES string of the molecule is Cc1cc(F)cc(-c2cnc3ccc(-c4cc(F)cc(F)c4)cc3c2C(=O)N(C)C[C@@H]2CCCN2)c1. The number of carbonyl (C=O) groups excluding carboxylic acids is 1. The lowest BCUT2D eigenvalue weighted by atomic mass is 9.93. The van der Waals surface area contributed by atoms with Crippen LogP contribution >= 0.6 is 0 Å². The van der Waals surface area contributed by atoms with Crippen molar-refractivity contribution in [1.82, 2.24) is 15.2 Å². The molecule has 0 aliphatic carbocycles. The molecule has 1 aliphatic heterocycles. The van der Waals surface area contributed by atoms with Gasteiger partial charge in [0.1, 0.15) is 17.5 Å². The number of likely N-dealkylation sites (N-methyl/N-ethyl adjacent to an activating group) is 1. The minimum Gasteiger partial charge on any atom is -0.340 e. The Morgan fingerprint density at radius 3 is 2.39 bits per heavy atom. The molecule has 1 amide bonds. The molecule has 184 valence electrons. The molecule has 4 aromatic rings. The van der Waals surface area contributed by atoms with Crippen molar-refractivity contribution < 1.29 is 18.0 Å². The first-order valence-electron chi connectivity index (χ1n) is 11.9. The summed E-state index contributed by atoms with van der Waals surface area (Å²) < 4.78 is 42.2. The summed E-state index contributed by atoms with van der Waals surface area (Å²) in [7, 11) is 1.75. The molecule has 1 fully saturated rings. The molecule has 0 saturated carbocycles. The van der Waals surface area contributed by atoms with Crippen LogP contribution in [0.25, 0.3) is 33.2 Å². The average molecular weight is 490 g/mol. The summed E-state index contributed by atoms with van der Waals surface area (Å²) in [6, 6.07) is 13.3. The van der Waals surface area contributed by atoms with E-state index in [2.05, 4.69) is 10.3 Å². The van der Waals surface area contributed by atoms with Gasteiger partial charge in [0.15, 0.2) is 0 Å². The molecule has 0 unspecified atom stereocenters. The summed E-state index contributed by atoms with van der Waals surface area (Å²) in [5.74, 6) is -2.01. The van der Waals surface area contributed by atoms with Crippen LogP contribution in [0.1, 0.15) is 28.8 Å². The van der Waals surface area contributed by atoms with E-state index in [4.69, 9.17) is 0 Å². The van der Waals surface area contributed by atoms with E-state index in [1.54, 1.807) is 43.3 Å². The van der Waals surface area contributed by atoms with Crippen molar-refractivity contribution in [2.75, 3.05) is 20.1 Å². The molecule has 1 aliphatic rings. The van der Waals surface area contributed by atoms with Gasteiger partial charge in [-0.15, -0.1) is 0 Å². The first-order chi connectivity index (χ1) is 17.3. The fourth-order valence-corrected chi connectivity index (χ4v) is 4.95. The zero-order valence-corrected chi connectivity index (χ0v) is 20.1. The molecular weight excluding hydrogens is 463 g/mol. The predicted molar refractivity (Wildman–Crippen MR) is 135 cm³/mol. The van der Waals surface area contributed by atoms with Crippen LogP contribution in [-0.2, 0) is 0 Å². The Balaban J connectivity index is 1.70. The van der Waals surface area contributed by atoms with E-state index in [1.807, 2.05) is 6.07 Å². The molecule has 2 heterocycles. The van der Waals surface area contributed by atoms with Gasteiger partial charge in [-0.05, 0) is 85.0 Å². The van der Waals surface area contributed by atoms with Gasteiger partial charge in [0, 0.05) is 42.8 Å². The van der Waals surface area contributed by atoms with Crippen LogP contribution in [0.15, 0.2) is 60.8 Å². The Bertz CT molecular complexity index is 1420. The third-order valence-corrected chi connectivity index (χ3v) is 6.63. The minimum absolute atomic E-state index is 0.206. The zero-order chi connectivity index (χ0) is 25.4. The number of hydrogen-bond donors (Lipinski definition) is 1. The molecule has 4 nitrogen and oxygen atoms in total. The molecule has 7 heteroatoms. The van der Waals surface area contributed by atoms with E-state index < -0.39 is 17.5 Å². The van der Waals surface area contributed by atoms with Crippen molar-refractivity contribution in [3.05, 3.63) is 89.4 Å². The molecule has 1 saturated heterocycles. The van der Waals surface area contributed by atoms with Crippen LogP contribution in [0.2, 0.25) is 0 Å². The second-order valence-electron chi connectivity index (χ2n) is 9.43. The fraction of sp³-hybridized carbons (Fsp3) is 0.241. The number of halogens is 3. The quantitative estimate of drug-likeness (QED) is 0.368. The van der Waals surface area contributed by atoms with Gasteiger partial charge >= 0.3 is 0 Å². The van der Waals surface area contributed by atoms with E-state index in [0.717, 1.165) is 31.0 Å². The number of pyridine rings is 1. The number of carbonyl (C=O) groups is 1. The number of nitrogens with one attached hydrogen (secondary N) is 1. The smallest absolute Gasteiger partial charge is 0.255 e. The predicted octanol–water partition coefficient (Wildman–Crippen LogP) is 6.12. The number of nitrogens with zero attached hydrogens (tertiary/aromatic N) is 2. The van der Waals surface area contributed by atoms with Crippen molar-refractivity contribution in [3.63, 3.8) is 0 Å². The standard InChI is InChI=1S/C29H26F3N3O/c1-17-8-20(12-21(30)9-17)26-15-34-27-6-5-18(19-10-22(31)14-23(32)11-19)13-25(27)28(26)29(36)35(2)16-24-4-3-7-33-24/h5-6,8-15,24,33H,3-4,7,16H2,1-2H3/t24-/m0/s1. The topological polar surface area (TPSA) is 45.2 Å². The van der Waals surface area contributed by atoms with Crippen LogP contribution < -0.4 is 5.32 Å². The van der Waals surface area contributed by atoms with Crippen LogP contribution in [0, 0.1) is 24.4 Å². The van der Waals surface area contributed by atoms with Crippen LogP contribution in [0.3, 0.4) is 0 Å². The third-order valence-electron chi connectivity index (χ3n) is 6.63. The summed E-state index contributed by atoms with van der Waals surface area (Å²) in [6.45, 7) is 3.24.